The first kappa shape index (κ1) is 25.1. The molecule has 0 bridgehead atoms. The van der Waals surface area contributed by atoms with Crippen LogP contribution < -0.4 is 4.74 Å². The molecule has 1 aliphatic rings. The number of rotatable bonds is 7. The van der Waals surface area contributed by atoms with Crippen molar-refractivity contribution in [3.63, 3.8) is 0 Å². The van der Waals surface area contributed by atoms with E-state index in [1.165, 1.54) is 20.2 Å². The molecule has 0 unspecified atom stereocenters. The molecule has 0 spiro atoms. The van der Waals surface area contributed by atoms with Gasteiger partial charge in [0.15, 0.2) is 21.8 Å². The van der Waals surface area contributed by atoms with Crippen LogP contribution in [0.25, 0.3) is 25.1 Å². The maximum absolute atomic E-state index is 13.1. The number of ether oxygens (including phenoxy) is 3. The van der Waals surface area contributed by atoms with Crippen molar-refractivity contribution >= 4 is 42.6 Å². The highest BCUT2D eigenvalue weighted by Crippen LogP contribution is 2.51. The maximum Gasteiger partial charge on any atom is 0.345 e. The van der Waals surface area contributed by atoms with Gasteiger partial charge >= 0.3 is 11.9 Å². The number of thiophene rings is 1. The lowest BCUT2D eigenvalue weighted by molar-refractivity contribution is -0.164. The van der Waals surface area contributed by atoms with Crippen LogP contribution in [0.1, 0.15) is 41.6 Å². The smallest absolute Gasteiger partial charge is 0.345 e. The molecule has 0 atom stereocenters. The summed E-state index contributed by atoms with van der Waals surface area (Å²) in [6.07, 6.45) is 3.52. The van der Waals surface area contributed by atoms with Crippen LogP contribution in [0.2, 0.25) is 0 Å². The molecule has 0 amide bonds. The zero-order valence-electron chi connectivity index (χ0n) is 21.7. The molecule has 1 fully saturated rings. The summed E-state index contributed by atoms with van der Waals surface area (Å²) in [7, 11) is 1.19. The highest BCUT2D eigenvalue weighted by molar-refractivity contribution is 7.50. The summed E-state index contributed by atoms with van der Waals surface area (Å²) in [6, 6.07) is 31.8. The van der Waals surface area contributed by atoms with Crippen LogP contribution in [0.5, 0.6) is 5.75 Å². The summed E-state index contributed by atoms with van der Waals surface area (Å²) in [5, 5.41) is 2.38. The lowest BCUT2D eigenvalue weighted by Crippen LogP contribution is -2.31. The molecule has 1 heterocycles. The third-order valence-corrected chi connectivity index (χ3v) is 9.82. The lowest BCUT2D eigenvalue weighted by Gasteiger charge is -2.29. The second-order valence-electron chi connectivity index (χ2n) is 9.78. The molecule has 6 rings (SSSR count). The number of hydrogen-bond donors (Lipinski definition) is 0. The van der Waals surface area contributed by atoms with Gasteiger partial charge in [-0.1, -0.05) is 54.6 Å². The lowest BCUT2D eigenvalue weighted by atomic mass is 9.92. The highest BCUT2D eigenvalue weighted by Gasteiger charge is 2.39. The average Bonchev–Trinajstić information content (AvgIpc) is 3.59. The van der Waals surface area contributed by atoms with Gasteiger partial charge in [0.05, 0.1) is 12.7 Å². The van der Waals surface area contributed by atoms with Gasteiger partial charge in [-0.3, -0.25) is 0 Å². The third kappa shape index (κ3) is 4.66. The summed E-state index contributed by atoms with van der Waals surface area (Å²) < 4.78 is 19.5. The normalized spacial score (nSPS) is 14.4. The van der Waals surface area contributed by atoms with Crippen molar-refractivity contribution < 1.29 is 23.8 Å². The fourth-order valence-electron chi connectivity index (χ4n) is 5.65. The van der Waals surface area contributed by atoms with E-state index >= 15 is 0 Å². The van der Waals surface area contributed by atoms with Gasteiger partial charge in [0, 0.05) is 27.3 Å². The summed E-state index contributed by atoms with van der Waals surface area (Å²) in [4.78, 5) is 26.9. The Bertz CT molecular complexity index is 1610. The summed E-state index contributed by atoms with van der Waals surface area (Å²) in [6.45, 7) is -0.438. The first-order chi connectivity index (χ1) is 19.1. The van der Waals surface area contributed by atoms with Crippen molar-refractivity contribution in [1.29, 1.82) is 0 Å². The molecule has 1 saturated carbocycles. The predicted molar refractivity (Wildman–Crippen MR) is 155 cm³/mol. The van der Waals surface area contributed by atoms with Crippen molar-refractivity contribution in [3.05, 3.63) is 108 Å². The molecule has 6 heteroatoms. The van der Waals surface area contributed by atoms with E-state index in [1.54, 1.807) is 19.2 Å². The van der Waals surface area contributed by atoms with Crippen LogP contribution in [0, 0.1) is 0 Å². The number of methoxy groups -OCH3 is 1. The minimum atomic E-state index is -0.650. The number of carbonyl (C=O) groups is 2. The van der Waals surface area contributed by atoms with Gasteiger partial charge in [-0.05, 0) is 67.6 Å². The Kier molecular flexibility index (Phi) is 6.79. The van der Waals surface area contributed by atoms with E-state index in [0.29, 0.717) is 11.3 Å². The van der Waals surface area contributed by atoms with Gasteiger partial charge in [-0.15, -0.1) is 0 Å². The fourth-order valence-corrected chi connectivity index (χ4v) is 8.18. The highest BCUT2D eigenvalue weighted by atomic mass is 32.2. The van der Waals surface area contributed by atoms with E-state index in [1.807, 2.05) is 60.7 Å². The predicted octanol–water partition coefficient (Wildman–Crippen LogP) is 7.91. The monoisotopic (exact) mass is 537 g/mol. The van der Waals surface area contributed by atoms with Crippen LogP contribution in [-0.2, 0) is 19.9 Å². The van der Waals surface area contributed by atoms with E-state index in [-0.39, 0.29) is 0 Å². The van der Waals surface area contributed by atoms with E-state index < -0.39 is 34.6 Å². The Labute approximate surface area is 229 Å². The average molecular weight is 538 g/mol. The largest absolute Gasteiger partial charge is 0.491 e. The Morgan fingerprint density at radius 1 is 0.795 bits per heavy atom. The summed E-state index contributed by atoms with van der Waals surface area (Å²) in [5.74, 6) is -0.407. The van der Waals surface area contributed by atoms with E-state index in [4.69, 9.17) is 14.2 Å². The van der Waals surface area contributed by atoms with Crippen molar-refractivity contribution in [3.8, 4) is 10.6 Å². The van der Waals surface area contributed by atoms with Gasteiger partial charge in [0.25, 0.3) is 0 Å². The second-order valence-corrected chi connectivity index (χ2v) is 11.7. The number of hydrogen-bond acceptors (Lipinski definition) is 5. The van der Waals surface area contributed by atoms with Crippen molar-refractivity contribution in [2.24, 2.45) is 0 Å². The van der Waals surface area contributed by atoms with Gasteiger partial charge < -0.3 is 14.2 Å². The van der Waals surface area contributed by atoms with Gasteiger partial charge in [-0.25, -0.2) is 9.59 Å². The molecule has 4 aromatic carbocycles. The molecule has 0 radical (unpaired) electrons. The minimum absolute atomic E-state index is 0.367. The number of benzene rings is 4. The van der Waals surface area contributed by atoms with Crippen LogP contribution in [-0.4, -0.2) is 25.7 Å². The van der Waals surface area contributed by atoms with E-state index in [9.17, 15) is 9.59 Å². The molecular weight excluding hydrogens is 508 g/mol. The molecule has 0 aliphatic heterocycles. The second kappa shape index (κ2) is 10.5. The zero-order chi connectivity index (χ0) is 26.8. The standard InChI is InChI=1S/C33H29O5S/c1-36-27-18-17-23(21-30(27)39-28-15-7-5-13-25(28)26-14-6-8-16-29(26)39)32(35)37-22-31(34)38-33(19-9-10-20-33)24-11-3-2-4-12-24/h2-8,11-18,21H,9-10,19-20,22H2,1H3/q+1. The van der Waals surface area contributed by atoms with E-state index in [2.05, 4.69) is 24.3 Å². The molecule has 0 N–H and O–H groups in total. The van der Waals surface area contributed by atoms with Crippen LogP contribution >= 0.6 is 10.5 Å². The molecule has 5 nitrogen and oxygen atoms in total. The molecule has 5 aromatic rings. The first-order valence-electron chi connectivity index (χ1n) is 13.1. The third-order valence-electron chi connectivity index (χ3n) is 7.46. The molecular formula is C33H29O5S+. The Morgan fingerprint density at radius 2 is 1.41 bits per heavy atom. The number of esters is 2. The van der Waals surface area contributed by atoms with E-state index in [0.717, 1.165) is 36.1 Å². The summed E-state index contributed by atoms with van der Waals surface area (Å²) in [5.41, 5.74) is 0.703. The topological polar surface area (TPSA) is 61.8 Å². The molecule has 1 aromatic heterocycles. The summed E-state index contributed by atoms with van der Waals surface area (Å²) >= 11 is 0. The Morgan fingerprint density at radius 3 is 2.05 bits per heavy atom. The number of carbonyl (C=O) groups excluding carboxylic acids is 2. The van der Waals surface area contributed by atoms with Gasteiger partial charge in [-0.2, -0.15) is 0 Å². The zero-order valence-corrected chi connectivity index (χ0v) is 22.5. The molecule has 196 valence electrons. The Balaban J connectivity index is 1.26. The fraction of sp³-hybridized carbons (Fsp3) is 0.212. The molecule has 1 aliphatic carbocycles. The van der Waals surface area contributed by atoms with Crippen LogP contribution in [0.4, 0.5) is 0 Å². The molecule has 39 heavy (non-hydrogen) atoms. The van der Waals surface area contributed by atoms with Crippen molar-refractivity contribution in [2.45, 2.75) is 31.3 Å². The van der Waals surface area contributed by atoms with Gasteiger partial charge in [0.1, 0.15) is 5.60 Å². The SMILES string of the molecule is COc1ccc(C(=O)OCC(=O)OC2(c3ccccc3)CCCC2)cc1-[s+]1c2ccccc2c2ccccc21. The quantitative estimate of drug-likeness (QED) is 0.156. The van der Waals surface area contributed by atoms with Gasteiger partial charge in [0.2, 0.25) is 4.90 Å². The Hall–Kier alpha value is -4.16. The van der Waals surface area contributed by atoms with Crippen molar-refractivity contribution in [2.75, 3.05) is 13.7 Å². The molecule has 0 saturated heterocycles. The van der Waals surface area contributed by atoms with Crippen LogP contribution in [0.15, 0.2) is 97.1 Å². The first-order valence-corrected chi connectivity index (χ1v) is 14.4. The maximum atomic E-state index is 13.1. The van der Waals surface area contributed by atoms with Crippen LogP contribution in [0.3, 0.4) is 0 Å². The number of fused-ring (bicyclic) bond motifs is 3. The minimum Gasteiger partial charge on any atom is -0.491 e. The van der Waals surface area contributed by atoms with Crippen molar-refractivity contribution in [1.82, 2.24) is 0 Å².